The van der Waals surface area contributed by atoms with Crippen LogP contribution < -0.4 is 0 Å². The van der Waals surface area contributed by atoms with Crippen LogP contribution in [0.1, 0.15) is 49.1 Å². The quantitative estimate of drug-likeness (QED) is 0.573. The highest BCUT2D eigenvalue weighted by atomic mass is 14.4. The fourth-order valence-corrected chi connectivity index (χ4v) is 3.95. The molecule has 0 aliphatic heterocycles. The summed E-state index contributed by atoms with van der Waals surface area (Å²) in [6, 6.07) is 9.02. The molecule has 0 spiro atoms. The van der Waals surface area contributed by atoms with Crippen LogP contribution in [0.25, 0.3) is 5.57 Å². The summed E-state index contributed by atoms with van der Waals surface area (Å²) in [5.74, 6) is 0.629. The monoisotopic (exact) mass is 260 g/mol. The second kappa shape index (κ2) is 4.94. The highest BCUT2D eigenvalue weighted by Crippen LogP contribution is 2.50. The van der Waals surface area contributed by atoms with Crippen LogP contribution >= 0.6 is 0 Å². The molecule has 1 atom stereocenters. The summed E-state index contributed by atoms with van der Waals surface area (Å²) in [5, 5.41) is 0. The fourth-order valence-electron chi connectivity index (χ4n) is 3.95. The van der Waals surface area contributed by atoms with Crippen LogP contribution in [0.2, 0.25) is 0 Å². The van der Waals surface area contributed by atoms with Crippen molar-refractivity contribution in [3.05, 3.63) is 76.9 Å². The van der Waals surface area contributed by atoms with Gasteiger partial charge in [0.25, 0.3) is 0 Å². The van der Waals surface area contributed by atoms with Crippen molar-refractivity contribution in [3.63, 3.8) is 0 Å². The van der Waals surface area contributed by atoms with Gasteiger partial charge < -0.3 is 0 Å². The van der Waals surface area contributed by atoms with E-state index in [0.717, 1.165) is 0 Å². The largest absolute Gasteiger partial charge is 0.0622 e. The van der Waals surface area contributed by atoms with Gasteiger partial charge in [-0.2, -0.15) is 0 Å². The molecule has 1 saturated carbocycles. The zero-order valence-corrected chi connectivity index (χ0v) is 11.8. The number of hydrogen-bond acceptors (Lipinski definition) is 0. The van der Waals surface area contributed by atoms with Gasteiger partial charge in [-0.25, -0.2) is 0 Å². The average molecular weight is 260 g/mol. The molecular weight excluding hydrogens is 240 g/mol. The van der Waals surface area contributed by atoms with E-state index in [4.69, 9.17) is 0 Å². The van der Waals surface area contributed by atoms with Crippen molar-refractivity contribution < 1.29 is 0 Å². The lowest BCUT2D eigenvalue weighted by Gasteiger charge is -2.23. The predicted octanol–water partition coefficient (Wildman–Crippen LogP) is 5.55. The molecular formula is C20H20. The minimum absolute atomic E-state index is 0.629. The Kier molecular flexibility index (Phi) is 2.95. The van der Waals surface area contributed by atoms with Crippen molar-refractivity contribution in [3.8, 4) is 0 Å². The van der Waals surface area contributed by atoms with Crippen LogP contribution in [0.5, 0.6) is 0 Å². The van der Waals surface area contributed by atoms with Crippen LogP contribution in [0, 0.1) is 0 Å². The van der Waals surface area contributed by atoms with Crippen molar-refractivity contribution in [2.45, 2.75) is 38.0 Å². The summed E-state index contributed by atoms with van der Waals surface area (Å²) in [5.41, 5.74) is 7.68. The zero-order valence-electron chi connectivity index (χ0n) is 11.8. The van der Waals surface area contributed by atoms with Gasteiger partial charge in [0.05, 0.1) is 0 Å². The summed E-state index contributed by atoms with van der Waals surface area (Å²) in [6.07, 6.45) is 17.8. The molecule has 0 nitrogen and oxygen atoms in total. The smallest absolute Gasteiger partial charge is 0.0104 e. The molecule has 0 aromatic heterocycles. The van der Waals surface area contributed by atoms with E-state index in [0.29, 0.717) is 5.92 Å². The van der Waals surface area contributed by atoms with Gasteiger partial charge in [0.2, 0.25) is 0 Å². The van der Waals surface area contributed by atoms with E-state index in [1.807, 2.05) is 0 Å². The molecule has 1 aromatic rings. The second-order valence-electron chi connectivity index (χ2n) is 6.00. The van der Waals surface area contributed by atoms with Crippen LogP contribution in [0.3, 0.4) is 0 Å². The molecule has 1 unspecified atom stereocenters. The van der Waals surface area contributed by atoms with Crippen molar-refractivity contribution in [2.75, 3.05) is 0 Å². The van der Waals surface area contributed by atoms with Gasteiger partial charge in [0.1, 0.15) is 0 Å². The maximum Gasteiger partial charge on any atom is 0.0104 e. The number of hydrogen-bond donors (Lipinski definition) is 0. The van der Waals surface area contributed by atoms with Crippen molar-refractivity contribution in [1.82, 2.24) is 0 Å². The molecule has 0 heteroatoms. The van der Waals surface area contributed by atoms with Gasteiger partial charge in [-0.1, -0.05) is 67.5 Å². The third kappa shape index (κ3) is 1.83. The zero-order chi connectivity index (χ0) is 13.4. The van der Waals surface area contributed by atoms with E-state index in [2.05, 4.69) is 54.6 Å². The van der Waals surface area contributed by atoms with E-state index in [1.54, 1.807) is 16.7 Å². The average Bonchev–Trinajstić information content (AvgIpc) is 2.72. The standard InChI is InChI=1S/C20H20/c1-3-9-15-10-4-2-6-14-19-17-12-8-7-11-16(17)18(13-5-1)20(15)19/h1,3,5,7-9,11-13,19H,2,4,6,10,14H2/b3-1-,5-1?,9-3?,13-5-,15-9-,18-13?,20-15?. The first kappa shape index (κ1) is 12.0. The van der Waals surface area contributed by atoms with Gasteiger partial charge in [0, 0.05) is 5.92 Å². The Bertz CT molecular complexity index is 652. The third-order valence-electron chi connectivity index (χ3n) is 4.83. The fraction of sp³-hybridized carbons (Fsp3) is 0.300. The SMILES string of the molecule is C1=C\C=C2\CCCCCC3C2=C(\C=C/1)c1ccccc13. The first-order chi connectivity index (χ1) is 9.95. The highest BCUT2D eigenvalue weighted by Gasteiger charge is 2.32. The highest BCUT2D eigenvalue weighted by molar-refractivity contribution is 5.88. The molecule has 0 amide bonds. The summed E-state index contributed by atoms with van der Waals surface area (Å²) >= 11 is 0. The van der Waals surface area contributed by atoms with Crippen LogP contribution in [-0.2, 0) is 0 Å². The van der Waals surface area contributed by atoms with E-state index >= 15 is 0 Å². The van der Waals surface area contributed by atoms with Gasteiger partial charge >= 0.3 is 0 Å². The maximum absolute atomic E-state index is 2.35. The summed E-state index contributed by atoms with van der Waals surface area (Å²) in [6.45, 7) is 0. The lowest BCUT2D eigenvalue weighted by molar-refractivity contribution is 0.576. The Labute approximate surface area is 121 Å². The number of allylic oxidation sites excluding steroid dienone is 8. The second-order valence-corrected chi connectivity index (χ2v) is 6.00. The van der Waals surface area contributed by atoms with Gasteiger partial charge in [-0.15, -0.1) is 0 Å². The summed E-state index contributed by atoms with van der Waals surface area (Å²) in [4.78, 5) is 0. The third-order valence-corrected chi connectivity index (χ3v) is 4.83. The Hall–Kier alpha value is -1.82. The van der Waals surface area contributed by atoms with Crippen LogP contribution in [0.15, 0.2) is 65.8 Å². The Balaban J connectivity index is 1.95. The van der Waals surface area contributed by atoms with E-state index in [9.17, 15) is 0 Å². The van der Waals surface area contributed by atoms with Gasteiger partial charge in [-0.05, 0) is 47.1 Å². The number of benzene rings is 1. The molecule has 100 valence electrons. The molecule has 1 fully saturated rings. The Morgan fingerprint density at radius 3 is 2.85 bits per heavy atom. The van der Waals surface area contributed by atoms with Crippen molar-refractivity contribution in [1.29, 1.82) is 0 Å². The van der Waals surface area contributed by atoms with E-state index in [1.165, 1.54) is 43.2 Å². The molecule has 20 heavy (non-hydrogen) atoms. The molecule has 0 N–H and O–H groups in total. The molecule has 4 rings (SSSR count). The lowest BCUT2D eigenvalue weighted by Crippen LogP contribution is -2.05. The Morgan fingerprint density at radius 2 is 1.85 bits per heavy atom. The minimum Gasteiger partial charge on any atom is -0.0622 e. The first-order valence-corrected chi connectivity index (χ1v) is 7.83. The number of fused-ring (bicyclic) bond motifs is 3. The number of rotatable bonds is 0. The minimum atomic E-state index is 0.629. The molecule has 3 aliphatic carbocycles. The maximum atomic E-state index is 2.35. The molecule has 0 bridgehead atoms. The van der Waals surface area contributed by atoms with Crippen LogP contribution in [0.4, 0.5) is 0 Å². The summed E-state index contributed by atoms with van der Waals surface area (Å²) < 4.78 is 0. The molecule has 1 aromatic carbocycles. The van der Waals surface area contributed by atoms with Gasteiger partial charge in [-0.3, -0.25) is 0 Å². The van der Waals surface area contributed by atoms with Crippen molar-refractivity contribution >= 4 is 5.57 Å². The summed E-state index contributed by atoms with van der Waals surface area (Å²) in [7, 11) is 0. The molecule has 3 aliphatic rings. The van der Waals surface area contributed by atoms with E-state index < -0.39 is 0 Å². The molecule has 0 radical (unpaired) electrons. The first-order valence-electron chi connectivity index (χ1n) is 7.83. The normalized spacial score (nSPS) is 30.0. The van der Waals surface area contributed by atoms with Gasteiger partial charge in [0.15, 0.2) is 0 Å². The topological polar surface area (TPSA) is 0 Å². The molecule has 0 saturated heterocycles. The van der Waals surface area contributed by atoms with Crippen LogP contribution in [-0.4, -0.2) is 0 Å². The predicted molar refractivity (Wildman–Crippen MR) is 85.6 cm³/mol. The van der Waals surface area contributed by atoms with Crippen molar-refractivity contribution in [2.24, 2.45) is 0 Å². The lowest BCUT2D eigenvalue weighted by atomic mass is 9.81. The molecule has 0 heterocycles. The van der Waals surface area contributed by atoms with E-state index in [-0.39, 0.29) is 0 Å². The Morgan fingerprint density at radius 1 is 0.900 bits per heavy atom.